The summed E-state index contributed by atoms with van der Waals surface area (Å²) < 4.78 is 5.41. The van der Waals surface area contributed by atoms with Gasteiger partial charge in [-0.3, -0.25) is 9.78 Å². The van der Waals surface area contributed by atoms with Gasteiger partial charge in [-0.2, -0.15) is 0 Å². The van der Waals surface area contributed by atoms with E-state index in [9.17, 15) is 9.59 Å². The molecular formula is C16H23N3O3. The van der Waals surface area contributed by atoms with Crippen LogP contribution in [-0.2, 0) is 4.74 Å². The maximum Gasteiger partial charge on any atom is 0.410 e. The van der Waals surface area contributed by atoms with E-state index in [0.717, 1.165) is 12.8 Å². The maximum absolute atomic E-state index is 12.4. The van der Waals surface area contributed by atoms with Gasteiger partial charge in [0, 0.05) is 31.4 Å². The summed E-state index contributed by atoms with van der Waals surface area (Å²) in [7, 11) is 0. The van der Waals surface area contributed by atoms with Crippen LogP contribution < -0.4 is 0 Å². The van der Waals surface area contributed by atoms with E-state index >= 15 is 0 Å². The number of carbonyl (C=O) groups excluding carboxylic acids is 2. The van der Waals surface area contributed by atoms with E-state index in [-0.39, 0.29) is 24.3 Å². The van der Waals surface area contributed by atoms with Gasteiger partial charge >= 0.3 is 6.09 Å². The lowest BCUT2D eigenvalue weighted by molar-refractivity contribution is 0.0223. The first-order valence-corrected chi connectivity index (χ1v) is 7.58. The normalized spacial score (nSPS) is 18.4. The number of rotatable bonds is 3. The highest BCUT2D eigenvalue weighted by molar-refractivity contribution is 5.95. The number of Topliss-reactive ketones (excluding diaryl/α,β-unsaturated/α-hetero) is 1. The minimum atomic E-state index is -0.532. The molecule has 6 heteroatoms. The summed E-state index contributed by atoms with van der Waals surface area (Å²) in [5.74, 6) is -0.0777. The number of ether oxygens (including phenoxy) is 1. The predicted molar refractivity (Wildman–Crippen MR) is 81.7 cm³/mol. The number of ketones is 1. The van der Waals surface area contributed by atoms with E-state index in [4.69, 9.17) is 4.74 Å². The van der Waals surface area contributed by atoms with Crippen molar-refractivity contribution in [3.05, 3.63) is 23.8 Å². The van der Waals surface area contributed by atoms with Gasteiger partial charge in [-0.25, -0.2) is 9.78 Å². The minimum absolute atomic E-state index is 0.0777. The summed E-state index contributed by atoms with van der Waals surface area (Å²) in [4.78, 5) is 34.5. The molecule has 0 saturated carbocycles. The summed E-state index contributed by atoms with van der Waals surface area (Å²) in [5.41, 5.74) is 0.475. The van der Waals surface area contributed by atoms with Crippen molar-refractivity contribution in [2.45, 2.75) is 58.6 Å². The number of nitrogens with zero attached hydrogens (tertiary/aromatic N) is 3. The molecule has 22 heavy (non-hydrogen) atoms. The highest BCUT2D eigenvalue weighted by atomic mass is 16.6. The average Bonchev–Trinajstić information content (AvgIpc) is 2.85. The van der Waals surface area contributed by atoms with E-state index < -0.39 is 5.60 Å². The molecule has 120 valence electrons. The lowest BCUT2D eigenvalue weighted by atomic mass is 10.0. The van der Waals surface area contributed by atoms with Gasteiger partial charge < -0.3 is 9.64 Å². The van der Waals surface area contributed by atoms with Crippen molar-refractivity contribution in [2.75, 3.05) is 6.54 Å². The standard InChI is InChI=1S/C16H23N3O3/c1-11-14(18-8-7-17-11)13(20)10-12-6-5-9-19(12)15(21)22-16(2,3)4/h7-8,12H,5-6,9-10H2,1-4H3. The van der Waals surface area contributed by atoms with E-state index in [1.165, 1.54) is 6.20 Å². The van der Waals surface area contributed by atoms with Crippen molar-refractivity contribution in [1.82, 2.24) is 14.9 Å². The molecule has 1 aliphatic rings. The van der Waals surface area contributed by atoms with E-state index in [2.05, 4.69) is 9.97 Å². The quantitative estimate of drug-likeness (QED) is 0.803. The summed E-state index contributed by atoms with van der Waals surface area (Å²) in [5, 5.41) is 0. The molecule has 1 unspecified atom stereocenters. The first-order chi connectivity index (χ1) is 10.3. The minimum Gasteiger partial charge on any atom is -0.444 e. The summed E-state index contributed by atoms with van der Waals surface area (Å²) in [6, 6.07) is -0.122. The first-order valence-electron chi connectivity index (χ1n) is 7.58. The molecule has 0 aliphatic carbocycles. The molecule has 0 N–H and O–H groups in total. The molecule has 1 atom stereocenters. The van der Waals surface area contributed by atoms with Crippen molar-refractivity contribution >= 4 is 11.9 Å². The topological polar surface area (TPSA) is 72.4 Å². The number of hydrogen-bond acceptors (Lipinski definition) is 5. The molecule has 0 spiro atoms. The molecule has 1 saturated heterocycles. The van der Waals surface area contributed by atoms with E-state index in [1.54, 1.807) is 18.0 Å². The summed E-state index contributed by atoms with van der Waals surface area (Å²) in [6.07, 6.45) is 4.69. The van der Waals surface area contributed by atoms with Crippen LogP contribution in [0.1, 0.15) is 56.2 Å². The highest BCUT2D eigenvalue weighted by Crippen LogP contribution is 2.24. The maximum atomic E-state index is 12.4. The van der Waals surface area contributed by atoms with Gasteiger partial charge in [0.25, 0.3) is 0 Å². The van der Waals surface area contributed by atoms with E-state index in [1.807, 2.05) is 20.8 Å². The van der Waals surface area contributed by atoms with Crippen molar-refractivity contribution < 1.29 is 14.3 Å². The largest absolute Gasteiger partial charge is 0.444 e. The van der Waals surface area contributed by atoms with Gasteiger partial charge in [0.2, 0.25) is 0 Å². The third-order valence-corrected chi connectivity index (χ3v) is 3.57. The zero-order valence-corrected chi connectivity index (χ0v) is 13.6. The van der Waals surface area contributed by atoms with Gasteiger partial charge in [0.15, 0.2) is 5.78 Å². The van der Waals surface area contributed by atoms with Crippen molar-refractivity contribution in [2.24, 2.45) is 0 Å². The molecule has 1 amide bonds. The molecule has 1 aromatic heterocycles. The van der Waals surface area contributed by atoms with Crippen molar-refractivity contribution in [3.8, 4) is 0 Å². The first kappa shape index (κ1) is 16.4. The Morgan fingerprint density at radius 3 is 2.64 bits per heavy atom. The highest BCUT2D eigenvalue weighted by Gasteiger charge is 2.34. The number of aromatic nitrogens is 2. The third-order valence-electron chi connectivity index (χ3n) is 3.57. The molecule has 2 rings (SSSR count). The molecule has 0 radical (unpaired) electrons. The third kappa shape index (κ3) is 4.02. The van der Waals surface area contributed by atoms with Gasteiger partial charge in [0.1, 0.15) is 11.3 Å². The Hall–Kier alpha value is -1.98. The fraction of sp³-hybridized carbons (Fsp3) is 0.625. The molecule has 1 aromatic rings. The second kappa shape index (κ2) is 6.42. The number of aryl methyl sites for hydroxylation is 1. The van der Waals surface area contributed by atoms with Gasteiger partial charge in [-0.15, -0.1) is 0 Å². The van der Waals surface area contributed by atoms with Crippen LogP contribution in [0, 0.1) is 6.92 Å². The lowest BCUT2D eigenvalue weighted by Gasteiger charge is -2.28. The number of hydrogen-bond donors (Lipinski definition) is 0. The van der Waals surface area contributed by atoms with Crippen molar-refractivity contribution in [1.29, 1.82) is 0 Å². The molecule has 0 aromatic carbocycles. The molecule has 1 fully saturated rings. The fourth-order valence-corrected chi connectivity index (χ4v) is 2.60. The van der Waals surface area contributed by atoms with Crippen LogP contribution in [-0.4, -0.2) is 44.9 Å². The van der Waals surface area contributed by atoms with Crippen LogP contribution in [0.3, 0.4) is 0 Å². The Morgan fingerprint density at radius 2 is 2.00 bits per heavy atom. The van der Waals surface area contributed by atoms with Crippen LogP contribution in [0.5, 0.6) is 0 Å². The summed E-state index contributed by atoms with van der Waals surface area (Å²) >= 11 is 0. The van der Waals surface area contributed by atoms with Crippen LogP contribution in [0.4, 0.5) is 4.79 Å². The SMILES string of the molecule is Cc1nccnc1C(=O)CC1CCCN1C(=O)OC(C)(C)C. The molecule has 6 nitrogen and oxygen atoms in total. The number of amides is 1. The zero-order chi connectivity index (χ0) is 16.3. The fourth-order valence-electron chi connectivity index (χ4n) is 2.60. The lowest BCUT2D eigenvalue weighted by Crippen LogP contribution is -2.40. The van der Waals surface area contributed by atoms with Crippen LogP contribution in [0.2, 0.25) is 0 Å². The second-order valence-corrected chi connectivity index (χ2v) is 6.59. The Labute approximate surface area is 130 Å². The predicted octanol–water partition coefficient (Wildman–Crippen LogP) is 2.76. The van der Waals surface area contributed by atoms with Crippen LogP contribution in [0.15, 0.2) is 12.4 Å². The summed E-state index contributed by atoms with van der Waals surface area (Å²) in [6.45, 7) is 7.91. The molecule has 0 bridgehead atoms. The van der Waals surface area contributed by atoms with E-state index in [0.29, 0.717) is 17.9 Å². The Kier molecular flexibility index (Phi) is 4.78. The Morgan fingerprint density at radius 1 is 1.32 bits per heavy atom. The van der Waals surface area contributed by atoms with Crippen molar-refractivity contribution in [3.63, 3.8) is 0 Å². The Balaban J connectivity index is 2.04. The van der Waals surface area contributed by atoms with Gasteiger partial charge in [-0.05, 0) is 40.5 Å². The molecular weight excluding hydrogens is 282 g/mol. The second-order valence-electron chi connectivity index (χ2n) is 6.59. The number of carbonyl (C=O) groups is 2. The molecule has 1 aliphatic heterocycles. The number of likely N-dealkylation sites (tertiary alicyclic amines) is 1. The molecule has 2 heterocycles. The average molecular weight is 305 g/mol. The van der Waals surface area contributed by atoms with Gasteiger partial charge in [0.05, 0.1) is 5.69 Å². The monoisotopic (exact) mass is 305 g/mol. The zero-order valence-electron chi connectivity index (χ0n) is 13.6. The van der Waals surface area contributed by atoms with Crippen LogP contribution in [0.25, 0.3) is 0 Å². The Bertz CT molecular complexity index is 566. The van der Waals surface area contributed by atoms with Gasteiger partial charge in [-0.1, -0.05) is 0 Å². The van der Waals surface area contributed by atoms with Crippen LogP contribution >= 0.6 is 0 Å². The smallest absolute Gasteiger partial charge is 0.410 e.